The Kier molecular flexibility index (Phi) is 6.16. The SMILES string of the molecule is C[C@H](COc1ccccc1)NC(=O)[C@@H](C)Oc1ccc2c(c1)CCCC2. The summed E-state index contributed by atoms with van der Waals surface area (Å²) in [7, 11) is 0. The maximum absolute atomic E-state index is 12.4. The zero-order chi connectivity index (χ0) is 18.4. The van der Waals surface area contributed by atoms with E-state index in [1.807, 2.05) is 43.3 Å². The summed E-state index contributed by atoms with van der Waals surface area (Å²) >= 11 is 0. The second-order valence-electron chi connectivity index (χ2n) is 6.93. The van der Waals surface area contributed by atoms with Crippen LogP contribution in [0.3, 0.4) is 0 Å². The molecule has 1 amide bonds. The minimum absolute atomic E-state index is 0.0997. The highest BCUT2D eigenvalue weighted by atomic mass is 16.5. The van der Waals surface area contributed by atoms with Crippen LogP contribution in [0.15, 0.2) is 48.5 Å². The molecule has 3 rings (SSSR count). The Morgan fingerprint density at radius 3 is 2.50 bits per heavy atom. The van der Waals surface area contributed by atoms with Gasteiger partial charge in [0.25, 0.3) is 5.91 Å². The number of carbonyl (C=O) groups is 1. The first kappa shape index (κ1) is 18.3. The Balaban J connectivity index is 1.48. The Morgan fingerprint density at radius 2 is 1.73 bits per heavy atom. The summed E-state index contributed by atoms with van der Waals surface area (Å²) in [6.45, 7) is 4.12. The fourth-order valence-electron chi connectivity index (χ4n) is 3.18. The van der Waals surface area contributed by atoms with E-state index in [1.54, 1.807) is 6.92 Å². The lowest BCUT2D eigenvalue weighted by Crippen LogP contribution is -2.43. The van der Waals surface area contributed by atoms with Crippen LogP contribution >= 0.6 is 0 Å². The first-order chi connectivity index (χ1) is 12.6. The van der Waals surface area contributed by atoms with Crippen LogP contribution in [0.25, 0.3) is 0 Å². The minimum atomic E-state index is -0.546. The molecule has 0 fully saturated rings. The van der Waals surface area contributed by atoms with Crippen LogP contribution in [-0.2, 0) is 17.6 Å². The average molecular weight is 353 g/mol. The normalized spacial score (nSPS) is 15.5. The number of carbonyl (C=O) groups excluding carboxylic acids is 1. The van der Waals surface area contributed by atoms with Gasteiger partial charge in [-0.15, -0.1) is 0 Å². The summed E-state index contributed by atoms with van der Waals surface area (Å²) in [6.07, 6.45) is 4.18. The molecule has 0 bridgehead atoms. The van der Waals surface area contributed by atoms with E-state index in [1.165, 1.54) is 24.0 Å². The molecule has 0 heterocycles. The number of nitrogens with one attached hydrogen (secondary N) is 1. The largest absolute Gasteiger partial charge is 0.491 e. The van der Waals surface area contributed by atoms with Crippen LogP contribution in [0.2, 0.25) is 0 Å². The van der Waals surface area contributed by atoms with Crippen LogP contribution in [0.4, 0.5) is 0 Å². The predicted octanol–water partition coefficient (Wildman–Crippen LogP) is 3.92. The highest BCUT2D eigenvalue weighted by Crippen LogP contribution is 2.25. The van der Waals surface area contributed by atoms with Crippen molar-refractivity contribution in [1.82, 2.24) is 5.32 Å². The second-order valence-corrected chi connectivity index (χ2v) is 6.93. The summed E-state index contributed by atoms with van der Waals surface area (Å²) in [6, 6.07) is 15.7. The van der Waals surface area contributed by atoms with Gasteiger partial charge in [0.05, 0.1) is 6.04 Å². The molecule has 1 aliphatic rings. The van der Waals surface area contributed by atoms with Gasteiger partial charge in [0.2, 0.25) is 0 Å². The van der Waals surface area contributed by atoms with E-state index in [0.717, 1.165) is 24.3 Å². The number of ether oxygens (including phenoxy) is 2. The standard InChI is InChI=1S/C22H27NO3/c1-16(15-25-20-10-4-3-5-11-20)23-22(24)17(2)26-21-13-12-18-8-6-7-9-19(18)14-21/h3-5,10-14,16-17H,6-9,15H2,1-2H3,(H,23,24)/t16-,17-/m1/s1. The first-order valence-corrected chi connectivity index (χ1v) is 9.38. The summed E-state index contributed by atoms with van der Waals surface area (Å²) in [4.78, 5) is 12.4. The number of hydrogen-bond donors (Lipinski definition) is 1. The molecular formula is C22H27NO3. The number of aryl methyl sites for hydroxylation is 2. The number of rotatable bonds is 7. The fraction of sp³-hybridized carbons (Fsp3) is 0.409. The lowest BCUT2D eigenvalue weighted by molar-refractivity contribution is -0.128. The number of fused-ring (bicyclic) bond motifs is 1. The van der Waals surface area contributed by atoms with Crippen molar-refractivity contribution in [2.45, 2.75) is 51.7 Å². The molecule has 138 valence electrons. The van der Waals surface area contributed by atoms with Gasteiger partial charge in [0, 0.05) is 0 Å². The van der Waals surface area contributed by atoms with E-state index in [2.05, 4.69) is 17.4 Å². The number of para-hydroxylation sites is 1. The molecule has 0 unspecified atom stereocenters. The van der Waals surface area contributed by atoms with Crippen molar-refractivity contribution in [3.8, 4) is 11.5 Å². The van der Waals surface area contributed by atoms with Crippen molar-refractivity contribution >= 4 is 5.91 Å². The van der Waals surface area contributed by atoms with Gasteiger partial charge in [-0.05, 0) is 74.9 Å². The maximum Gasteiger partial charge on any atom is 0.261 e. The molecule has 2 aromatic rings. The first-order valence-electron chi connectivity index (χ1n) is 9.38. The molecule has 0 saturated heterocycles. The van der Waals surface area contributed by atoms with Gasteiger partial charge in [0.1, 0.15) is 18.1 Å². The second kappa shape index (κ2) is 8.75. The fourth-order valence-corrected chi connectivity index (χ4v) is 3.18. The Labute approximate surface area is 155 Å². The van der Waals surface area contributed by atoms with Crippen LogP contribution in [0.1, 0.15) is 37.8 Å². The van der Waals surface area contributed by atoms with Crippen LogP contribution < -0.4 is 14.8 Å². The molecule has 0 aliphatic heterocycles. The van der Waals surface area contributed by atoms with Gasteiger partial charge in [-0.25, -0.2) is 0 Å². The topological polar surface area (TPSA) is 47.6 Å². The third-order valence-corrected chi connectivity index (χ3v) is 4.63. The number of amides is 1. The van der Waals surface area contributed by atoms with Crippen molar-refractivity contribution in [1.29, 1.82) is 0 Å². The molecule has 2 atom stereocenters. The molecule has 0 spiro atoms. The summed E-state index contributed by atoms with van der Waals surface area (Å²) < 4.78 is 11.5. The Hall–Kier alpha value is -2.49. The van der Waals surface area contributed by atoms with E-state index >= 15 is 0 Å². The molecule has 26 heavy (non-hydrogen) atoms. The lowest BCUT2D eigenvalue weighted by Gasteiger charge is -2.21. The number of benzene rings is 2. The van der Waals surface area contributed by atoms with Gasteiger partial charge in [-0.1, -0.05) is 24.3 Å². The van der Waals surface area contributed by atoms with E-state index in [4.69, 9.17) is 9.47 Å². The molecule has 4 nitrogen and oxygen atoms in total. The highest BCUT2D eigenvalue weighted by Gasteiger charge is 2.18. The third kappa shape index (κ3) is 5.01. The van der Waals surface area contributed by atoms with Gasteiger partial charge >= 0.3 is 0 Å². The van der Waals surface area contributed by atoms with Gasteiger partial charge in [0.15, 0.2) is 6.10 Å². The van der Waals surface area contributed by atoms with Crippen LogP contribution in [0, 0.1) is 0 Å². The monoisotopic (exact) mass is 353 g/mol. The van der Waals surface area contributed by atoms with Crippen molar-refractivity contribution in [2.24, 2.45) is 0 Å². The average Bonchev–Trinajstić information content (AvgIpc) is 2.67. The van der Waals surface area contributed by atoms with Gasteiger partial charge < -0.3 is 14.8 Å². The summed E-state index contributed by atoms with van der Waals surface area (Å²) in [5.74, 6) is 1.43. The Bertz CT molecular complexity index is 729. The van der Waals surface area contributed by atoms with Crippen molar-refractivity contribution in [3.63, 3.8) is 0 Å². The molecule has 1 aliphatic carbocycles. The quantitative estimate of drug-likeness (QED) is 0.821. The van der Waals surface area contributed by atoms with Gasteiger partial charge in [-0.2, -0.15) is 0 Å². The number of hydrogen-bond acceptors (Lipinski definition) is 3. The maximum atomic E-state index is 12.4. The van der Waals surface area contributed by atoms with E-state index in [-0.39, 0.29) is 11.9 Å². The molecule has 2 aromatic carbocycles. The van der Waals surface area contributed by atoms with Gasteiger partial charge in [-0.3, -0.25) is 4.79 Å². The summed E-state index contributed by atoms with van der Waals surface area (Å²) in [5, 5.41) is 2.94. The van der Waals surface area contributed by atoms with Crippen LogP contribution in [-0.4, -0.2) is 24.7 Å². The molecule has 0 radical (unpaired) electrons. The molecule has 4 heteroatoms. The van der Waals surface area contributed by atoms with E-state index in [0.29, 0.717) is 6.61 Å². The minimum Gasteiger partial charge on any atom is -0.491 e. The van der Waals surface area contributed by atoms with Crippen molar-refractivity contribution in [2.75, 3.05) is 6.61 Å². The van der Waals surface area contributed by atoms with Crippen LogP contribution in [0.5, 0.6) is 11.5 Å². The zero-order valence-electron chi connectivity index (χ0n) is 15.5. The molecule has 0 aromatic heterocycles. The third-order valence-electron chi connectivity index (χ3n) is 4.63. The van der Waals surface area contributed by atoms with Crippen molar-refractivity contribution in [3.05, 3.63) is 59.7 Å². The van der Waals surface area contributed by atoms with E-state index < -0.39 is 6.10 Å². The molecular weight excluding hydrogens is 326 g/mol. The smallest absolute Gasteiger partial charge is 0.261 e. The van der Waals surface area contributed by atoms with E-state index in [9.17, 15) is 4.79 Å². The summed E-state index contributed by atoms with van der Waals surface area (Å²) in [5.41, 5.74) is 2.76. The Morgan fingerprint density at radius 1 is 1.00 bits per heavy atom. The molecule has 1 N–H and O–H groups in total. The molecule has 0 saturated carbocycles. The zero-order valence-corrected chi connectivity index (χ0v) is 15.5. The predicted molar refractivity (Wildman–Crippen MR) is 103 cm³/mol. The lowest BCUT2D eigenvalue weighted by atomic mass is 9.92. The van der Waals surface area contributed by atoms with Crippen molar-refractivity contribution < 1.29 is 14.3 Å². The highest BCUT2D eigenvalue weighted by molar-refractivity contribution is 5.81.